The molecule has 6 rings (SSSR count). The molecule has 1 aromatic heterocycles. The molecule has 1 aliphatic rings. The van der Waals surface area contributed by atoms with E-state index < -0.39 is 6.04 Å². The van der Waals surface area contributed by atoms with E-state index in [1.54, 1.807) is 42.1 Å². The number of carbonyl (C=O) groups is 1. The number of allylic oxidation sites excluding steroid dienone is 1. The molecule has 0 bridgehead atoms. The maximum Gasteiger partial charge on any atom is 0.255 e. The Morgan fingerprint density at radius 2 is 1.76 bits per heavy atom. The van der Waals surface area contributed by atoms with Crippen LogP contribution in [0, 0.1) is 0 Å². The number of rotatable bonds is 8. The molecule has 4 aromatic carbocycles. The lowest BCUT2D eigenvalue weighted by Gasteiger charge is -2.29. The predicted molar refractivity (Wildman–Crippen MR) is 160 cm³/mol. The standard InChI is InChI=1S/C33H29N5O4/c1-21-29(32(40)35-27-16-6-7-17-28(27)41-2)30(23-12-9-15-26(19-23)42-20-22-10-4-3-5-11-22)38-33(34-21)36-31(37-38)24-13-8-14-25(39)18-24/h3-19,30,39H,20H2,1-2H3,(H,35,40)(H,34,36,37). The van der Waals surface area contributed by atoms with Gasteiger partial charge in [0.15, 0.2) is 5.82 Å². The summed E-state index contributed by atoms with van der Waals surface area (Å²) in [6, 6.07) is 30.9. The number of carbonyl (C=O) groups excluding carboxylic acids is 1. The first-order chi connectivity index (χ1) is 20.5. The van der Waals surface area contributed by atoms with Crippen LogP contribution in [0.5, 0.6) is 17.2 Å². The molecule has 9 nitrogen and oxygen atoms in total. The summed E-state index contributed by atoms with van der Waals surface area (Å²) in [6.45, 7) is 2.24. The molecule has 0 spiro atoms. The molecular formula is C33H29N5O4. The number of hydrogen-bond donors (Lipinski definition) is 3. The van der Waals surface area contributed by atoms with Crippen molar-refractivity contribution in [1.82, 2.24) is 14.8 Å². The summed E-state index contributed by atoms with van der Waals surface area (Å²) >= 11 is 0. The Morgan fingerprint density at radius 1 is 0.976 bits per heavy atom. The van der Waals surface area contributed by atoms with Gasteiger partial charge in [0.2, 0.25) is 5.95 Å². The van der Waals surface area contributed by atoms with Crippen LogP contribution in [0.2, 0.25) is 0 Å². The number of nitrogens with zero attached hydrogens (tertiary/aromatic N) is 3. The summed E-state index contributed by atoms with van der Waals surface area (Å²) < 4.78 is 13.3. The highest BCUT2D eigenvalue weighted by Gasteiger charge is 2.35. The summed E-state index contributed by atoms with van der Waals surface area (Å²) in [5.74, 6) is 1.89. The molecule has 1 unspecified atom stereocenters. The second-order valence-corrected chi connectivity index (χ2v) is 9.82. The molecule has 1 amide bonds. The Balaban J connectivity index is 1.41. The van der Waals surface area contributed by atoms with Crippen LogP contribution in [-0.4, -0.2) is 32.9 Å². The van der Waals surface area contributed by atoms with Crippen molar-refractivity contribution < 1.29 is 19.4 Å². The molecule has 1 atom stereocenters. The lowest BCUT2D eigenvalue weighted by Crippen LogP contribution is -2.31. The van der Waals surface area contributed by atoms with Crippen LogP contribution >= 0.6 is 0 Å². The molecule has 0 radical (unpaired) electrons. The third kappa shape index (κ3) is 5.40. The Kier molecular flexibility index (Phi) is 7.30. The first-order valence-corrected chi connectivity index (χ1v) is 13.4. The van der Waals surface area contributed by atoms with Crippen molar-refractivity contribution in [3.8, 4) is 28.6 Å². The summed E-state index contributed by atoms with van der Waals surface area (Å²) in [7, 11) is 1.56. The molecule has 210 valence electrons. The summed E-state index contributed by atoms with van der Waals surface area (Å²) in [4.78, 5) is 18.7. The zero-order chi connectivity index (χ0) is 29.1. The average molecular weight is 560 g/mol. The van der Waals surface area contributed by atoms with Gasteiger partial charge in [-0.15, -0.1) is 5.10 Å². The number of ether oxygens (including phenoxy) is 2. The minimum Gasteiger partial charge on any atom is -0.508 e. The summed E-state index contributed by atoms with van der Waals surface area (Å²) in [5.41, 5.74) is 4.13. The van der Waals surface area contributed by atoms with E-state index in [4.69, 9.17) is 19.6 Å². The van der Waals surface area contributed by atoms with Gasteiger partial charge >= 0.3 is 0 Å². The summed E-state index contributed by atoms with van der Waals surface area (Å²) in [5, 5.41) is 21.1. The van der Waals surface area contributed by atoms with Gasteiger partial charge in [-0.1, -0.05) is 66.7 Å². The van der Waals surface area contributed by atoms with E-state index >= 15 is 0 Å². The van der Waals surface area contributed by atoms with Gasteiger partial charge in [-0.3, -0.25) is 4.79 Å². The number of nitrogens with one attached hydrogen (secondary N) is 2. The van der Waals surface area contributed by atoms with Crippen LogP contribution in [0.15, 0.2) is 114 Å². The van der Waals surface area contributed by atoms with Crippen LogP contribution in [0.4, 0.5) is 11.6 Å². The second-order valence-electron chi connectivity index (χ2n) is 9.82. The molecule has 42 heavy (non-hydrogen) atoms. The number of benzene rings is 4. The highest BCUT2D eigenvalue weighted by molar-refractivity contribution is 6.06. The van der Waals surface area contributed by atoms with Gasteiger partial charge in [-0.2, -0.15) is 4.98 Å². The molecular weight excluding hydrogens is 530 g/mol. The zero-order valence-electron chi connectivity index (χ0n) is 23.1. The van der Waals surface area contributed by atoms with Crippen molar-refractivity contribution in [2.24, 2.45) is 0 Å². The lowest BCUT2D eigenvalue weighted by molar-refractivity contribution is -0.113. The third-order valence-electron chi connectivity index (χ3n) is 6.98. The first kappa shape index (κ1) is 26.6. The maximum atomic E-state index is 14.0. The van der Waals surface area contributed by atoms with Gasteiger partial charge in [0.1, 0.15) is 29.9 Å². The number of aromatic hydroxyl groups is 1. The summed E-state index contributed by atoms with van der Waals surface area (Å²) in [6.07, 6.45) is 0. The molecule has 1 aliphatic heterocycles. The van der Waals surface area contributed by atoms with Gasteiger partial charge in [-0.25, -0.2) is 4.68 Å². The third-order valence-corrected chi connectivity index (χ3v) is 6.98. The normalized spacial score (nSPS) is 14.1. The number of fused-ring (bicyclic) bond motifs is 1. The molecule has 9 heteroatoms. The van der Waals surface area contributed by atoms with Crippen molar-refractivity contribution in [2.75, 3.05) is 17.7 Å². The first-order valence-electron chi connectivity index (χ1n) is 13.4. The number of phenols is 1. The van der Waals surface area contributed by atoms with E-state index in [0.717, 1.165) is 11.1 Å². The second kappa shape index (κ2) is 11.5. The van der Waals surface area contributed by atoms with Crippen LogP contribution < -0.4 is 20.1 Å². The molecule has 0 fully saturated rings. The van der Waals surface area contributed by atoms with Crippen molar-refractivity contribution in [2.45, 2.75) is 19.6 Å². The van der Waals surface area contributed by atoms with Crippen LogP contribution in [0.25, 0.3) is 11.4 Å². The smallest absolute Gasteiger partial charge is 0.255 e. The Bertz CT molecular complexity index is 1780. The zero-order valence-corrected chi connectivity index (χ0v) is 23.1. The SMILES string of the molecule is COc1ccccc1NC(=O)C1=C(C)Nc2nc(-c3cccc(O)c3)nn2C1c1cccc(OCc2ccccc2)c1. The minimum atomic E-state index is -0.630. The lowest BCUT2D eigenvalue weighted by atomic mass is 9.94. The fraction of sp³-hybridized carbons (Fsp3) is 0.121. The number of hydrogen-bond acceptors (Lipinski definition) is 7. The number of methoxy groups -OCH3 is 1. The van der Waals surface area contributed by atoms with E-state index in [2.05, 4.69) is 10.6 Å². The Morgan fingerprint density at radius 3 is 2.57 bits per heavy atom. The van der Waals surface area contributed by atoms with E-state index in [0.29, 0.717) is 52.4 Å². The monoisotopic (exact) mass is 559 g/mol. The van der Waals surface area contributed by atoms with Gasteiger partial charge in [0, 0.05) is 11.3 Å². The highest BCUT2D eigenvalue weighted by atomic mass is 16.5. The largest absolute Gasteiger partial charge is 0.508 e. The van der Waals surface area contributed by atoms with Crippen LogP contribution in [0.3, 0.4) is 0 Å². The number of phenolic OH excluding ortho intramolecular Hbond substituents is 1. The fourth-order valence-corrected chi connectivity index (χ4v) is 4.97. The molecule has 5 aromatic rings. The number of aromatic nitrogens is 3. The Hall–Kier alpha value is -5.57. The number of amides is 1. The molecule has 0 saturated heterocycles. The molecule has 3 N–H and O–H groups in total. The molecule has 2 heterocycles. The average Bonchev–Trinajstić information content (AvgIpc) is 3.44. The molecule has 0 saturated carbocycles. The number of anilines is 2. The topological polar surface area (TPSA) is 111 Å². The van der Waals surface area contributed by atoms with E-state index in [9.17, 15) is 9.90 Å². The van der Waals surface area contributed by atoms with E-state index in [1.807, 2.05) is 79.7 Å². The highest BCUT2D eigenvalue weighted by Crippen LogP contribution is 2.38. The predicted octanol–water partition coefficient (Wildman–Crippen LogP) is 6.17. The van der Waals surface area contributed by atoms with Crippen molar-refractivity contribution in [3.63, 3.8) is 0 Å². The van der Waals surface area contributed by atoms with Crippen molar-refractivity contribution in [1.29, 1.82) is 0 Å². The maximum absolute atomic E-state index is 14.0. The Labute approximate surface area is 243 Å². The van der Waals surface area contributed by atoms with Gasteiger partial charge in [0.25, 0.3) is 5.91 Å². The number of para-hydroxylation sites is 2. The minimum absolute atomic E-state index is 0.110. The van der Waals surface area contributed by atoms with Crippen molar-refractivity contribution in [3.05, 3.63) is 126 Å². The quantitative estimate of drug-likeness (QED) is 0.209. The van der Waals surface area contributed by atoms with E-state index in [-0.39, 0.29) is 11.7 Å². The van der Waals surface area contributed by atoms with Gasteiger partial charge in [0.05, 0.1) is 18.4 Å². The van der Waals surface area contributed by atoms with Crippen LogP contribution in [-0.2, 0) is 11.4 Å². The van der Waals surface area contributed by atoms with E-state index in [1.165, 1.54) is 0 Å². The van der Waals surface area contributed by atoms with Gasteiger partial charge in [-0.05, 0) is 54.4 Å². The van der Waals surface area contributed by atoms with Crippen molar-refractivity contribution >= 4 is 17.5 Å². The van der Waals surface area contributed by atoms with Gasteiger partial charge < -0.3 is 25.2 Å². The molecule has 0 aliphatic carbocycles. The van der Waals surface area contributed by atoms with Crippen LogP contribution in [0.1, 0.15) is 24.1 Å². The fourth-order valence-electron chi connectivity index (χ4n) is 4.97.